The highest BCUT2D eigenvalue weighted by Gasteiger charge is 2.21. The Kier molecular flexibility index (Phi) is 4.21. The van der Waals surface area contributed by atoms with Crippen LogP contribution in [-0.4, -0.2) is 52.7 Å². The van der Waals surface area contributed by atoms with E-state index in [0.29, 0.717) is 11.9 Å². The minimum atomic E-state index is 0.357. The van der Waals surface area contributed by atoms with Gasteiger partial charge >= 0.3 is 0 Å². The molecule has 1 fully saturated rings. The van der Waals surface area contributed by atoms with Gasteiger partial charge in [-0.15, -0.1) is 11.6 Å². The van der Waals surface area contributed by atoms with Crippen LogP contribution >= 0.6 is 11.6 Å². The van der Waals surface area contributed by atoms with Gasteiger partial charge in [-0.1, -0.05) is 0 Å². The van der Waals surface area contributed by atoms with Gasteiger partial charge in [0.15, 0.2) is 0 Å². The molecule has 0 saturated carbocycles. The molecular formula is C11H18ClN3O. The van der Waals surface area contributed by atoms with Crippen molar-refractivity contribution >= 4 is 11.6 Å². The smallest absolute Gasteiger partial charge is 0.109 e. The Bertz CT molecular complexity index is 329. The van der Waals surface area contributed by atoms with E-state index in [0.717, 1.165) is 38.5 Å². The second-order valence-corrected chi connectivity index (χ2v) is 4.43. The van der Waals surface area contributed by atoms with Crippen molar-refractivity contribution in [3.8, 4) is 0 Å². The van der Waals surface area contributed by atoms with Crippen LogP contribution in [0.25, 0.3) is 0 Å². The lowest BCUT2D eigenvalue weighted by atomic mass is 10.2. The number of imidazole rings is 1. The van der Waals surface area contributed by atoms with Crippen LogP contribution in [0.5, 0.6) is 0 Å². The second kappa shape index (κ2) is 5.66. The predicted octanol–water partition coefficient (Wildman–Crippen LogP) is 0.902. The quantitative estimate of drug-likeness (QED) is 0.737. The summed E-state index contributed by atoms with van der Waals surface area (Å²) in [5, 5.41) is 0. The van der Waals surface area contributed by atoms with Crippen molar-refractivity contribution in [1.29, 1.82) is 0 Å². The van der Waals surface area contributed by atoms with Crippen LogP contribution in [0.1, 0.15) is 5.82 Å². The van der Waals surface area contributed by atoms with Gasteiger partial charge in [-0.05, 0) is 0 Å². The van der Waals surface area contributed by atoms with Crippen molar-refractivity contribution in [1.82, 2.24) is 14.5 Å². The van der Waals surface area contributed by atoms with Gasteiger partial charge in [0.2, 0.25) is 0 Å². The van der Waals surface area contributed by atoms with Crippen LogP contribution in [0.15, 0.2) is 12.4 Å². The number of alkyl halides is 1. The number of ether oxygens (including phenoxy) is 1. The molecule has 5 heteroatoms. The van der Waals surface area contributed by atoms with Gasteiger partial charge in [0.25, 0.3) is 0 Å². The SMILES string of the molecule is Cn1ccnc1CCN1CCOCC1CCl. The van der Waals surface area contributed by atoms with Gasteiger partial charge in [-0.3, -0.25) is 4.90 Å². The molecule has 0 bridgehead atoms. The Hall–Kier alpha value is -0.580. The summed E-state index contributed by atoms with van der Waals surface area (Å²) in [6, 6.07) is 0.357. The second-order valence-electron chi connectivity index (χ2n) is 4.12. The zero-order valence-electron chi connectivity index (χ0n) is 9.60. The largest absolute Gasteiger partial charge is 0.378 e. The third-order valence-electron chi connectivity index (χ3n) is 3.07. The number of aromatic nitrogens is 2. The summed E-state index contributed by atoms with van der Waals surface area (Å²) >= 11 is 5.92. The minimum Gasteiger partial charge on any atom is -0.378 e. The lowest BCUT2D eigenvalue weighted by molar-refractivity contribution is 0.00140. The van der Waals surface area contributed by atoms with E-state index in [-0.39, 0.29) is 0 Å². The molecule has 1 aromatic rings. The van der Waals surface area contributed by atoms with Crippen LogP contribution in [0, 0.1) is 0 Å². The van der Waals surface area contributed by atoms with Crippen molar-refractivity contribution in [3.63, 3.8) is 0 Å². The molecule has 0 N–H and O–H groups in total. The summed E-state index contributed by atoms with van der Waals surface area (Å²) in [6.07, 6.45) is 4.79. The van der Waals surface area contributed by atoms with Gasteiger partial charge in [0.1, 0.15) is 5.82 Å². The first-order valence-electron chi connectivity index (χ1n) is 5.65. The molecule has 1 saturated heterocycles. The first-order chi connectivity index (χ1) is 7.81. The number of rotatable bonds is 4. The monoisotopic (exact) mass is 243 g/mol. The molecule has 0 spiro atoms. The van der Waals surface area contributed by atoms with Gasteiger partial charge in [0, 0.05) is 50.9 Å². The van der Waals surface area contributed by atoms with Crippen LogP contribution in [0.4, 0.5) is 0 Å². The summed E-state index contributed by atoms with van der Waals surface area (Å²) in [6.45, 7) is 3.55. The van der Waals surface area contributed by atoms with E-state index in [9.17, 15) is 0 Å². The molecule has 0 aliphatic carbocycles. The topological polar surface area (TPSA) is 30.3 Å². The molecular weight excluding hydrogens is 226 g/mol. The van der Waals surface area contributed by atoms with Crippen LogP contribution in [0.2, 0.25) is 0 Å². The zero-order valence-corrected chi connectivity index (χ0v) is 10.4. The van der Waals surface area contributed by atoms with Crippen molar-refractivity contribution in [2.75, 3.05) is 32.2 Å². The van der Waals surface area contributed by atoms with Crippen molar-refractivity contribution in [2.45, 2.75) is 12.5 Å². The third-order valence-corrected chi connectivity index (χ3v) is 3.43. The highest BCUT2D eigenvalue weighted by atomic mass is 35.5. The average Bonchev–Trinajstić information content (AvgIpc) is 2.72. The number of nitrogens with zero attached hydrogens (tertiary/aromatic N) is 3. The maximum atomic E-state index is 5.92. The summed E-state index contributed by atoms with van der Waals surface area (Å²) < 4.78 is 7.48. The Balaban J connectivity index is 1.86. The van der Waals surface area contributed by atoms with E-state index in [1.165, 1.54) is 0 Å². The zero-order chi connectivity index (χ0) is 11.4. The molecule has 4 nitrogen and oxygen atoms in total. The molecule has 1 aliphatic rings. The summed E-state index contributed by atoms with van der Waals surface area (Å²) in [7, 11) is 2.03. The molecule has 1 unspecified atom stereocenters. The molecule has 1 aliphatic heterocycles. The third kappa shape index (κ3) is 2.75. The number of halogens is 1. The first kappa shape index (κ1) is 11.9. The fourth-order valence-corrected chi connectivity index (χ4v) is 2.29. The lowest BCUT2D eigenvalue weighted by Crippen LogP contribution is -2.47. The summed E-state index contributed by atoms with van der Waals surface area (Å²) in [4.78, 5) is 6.72. The van der Waals surface area contributed by atoms with E-state index in [1.54, 1.807) is 0 Å². The van der Waals surface area contributed by atoms with Gasteiger partial charge in [0.05, 0.1) is 13.2 Å². The van der Waals surface area contributed by atoms with Gasteiger partial charge in [-0.25, -0.2) is 4.98 Å². The highest BCUT2D eigenvalue weighted by Crippen LogP contribution is 2.09. The summed E-state index contributed by atoms with van der Waals surface area (Å²) in [5.74, 6) is 1.76. The van der Waals surface area contributed by atoms with Crippen LogP contribution < -0.4 is 0 Å². The van der Waals surface area contributed by atoms with Crippen LogP contribution in [-0.2, 0) is 18.2 Å². The first-order valence-corrected chi connectivity index (χ1v) is 6.18. The standard InChI is InChI=1S/C11H18ClN3O/c1-14-5-3-13-11(14)2-4-15-6-7-16-9-10(15)8-12/h3,5,10H,2,4,6-9H2,1H3. The molecule has 16 heavy (non-hydrogen) atoms. The number of morpholine rings is 1. The molecule has 0 aromatic carbocycles. The average molecular weight is 244 g/mol. The Labute approximate surface area is 101 Å². The lowest BCUT2D eigenvalue weighted by Gasteiger charge is -2.34. The van der Waals surface area contributed by atoms with E-state index >= 15 is 0 Å². The Morgan fingerprint density at radius 3 is 3.19 bits per heavy atom. The molecule has 0 radical (unpaired) electrons. The fraction of sp³-hybridized carbons (Fsp3) is 0.727. The van der Waals surface area contributed by atoms with Crippen molar-refractivity contribution in [2.24, 2.45) is 7.05 Å². The molecule has 2 rings (SSSR count). The Morgan fingerprint density at radius 2 is 2.50 bits per heavy atom. The van der Waals surface area contributed by atoms with E-state index < -0.39 is 0 Å². The molecule has 1 aromatic heterocycles. The van der Waals surface area contributed by atoms with Gasteiger partial charge in [-0.2, -0.15) is 0 Å². The minimum absolute atomic E-state index is 0.357. The normalized spacial score (nSPS) is 22.5. The number of hydrogen-bond donors (Lipinski definition) is 0. The van der Waals surface area contributed by atoms with Crippen molar-refractivity contribution < 1.29 is 4.74 Å². The molecule has 1 atom stereocenters. The maximum Gasteiger partial charge on any atom is 0.109 e. The van der Waals surface area contributed by atoms with E-state index in [1.807, 2.05) is 19.4 Å². The fourth-order valence-electron chi connectivity index (χ4n) is 2.01. The molecule has 2 heterocycles. The van der Waals surface area contributed by atoms with Crippen LogP contribution in [0.3, 0.4) is 0 Å². The Morgan fingerprint density at radius 1 is 1.62 bits per heavy atom. The van der Waals surface area contributed by atoms with E-state index in [4.69, 9.17) is 16.3 Å². The predicted molar refractivity (Wildman–Crippen MR) is 63.8 cm³/mol. The highest BCUT2D eigenvalue weighted by molar-refractivity contribution is 6.18. The number of aryl methyl sites for hydroxylation is 1. The molecule has 90 valence electrons. The maximum absolute atomic E-state index is 5.92. The van der Waals surface area contributed by atoms with Crippen molar-refractivity contribution in [3.05, 3.63) is 18.2 Å². The summed E-state index contributed by atoms with van der Waals surface area (Å²) in [5.41, 5.74) is 0. The van der Waals surface area contributed by atoms with E-state index in [2.05, 4.69) is 14.5 Å². The number of hydrogen-bond acceptors (Lipinski definition) is 3. The molecule has 0 amide bonds. The van der Waals surface area contributed by atoms with Gasteiger partial charge < -0.3 is 9.30 Å².